The molecule has 86 valence electrons. The molecule has 0 aliphatic rings. The highest BCUT2D eigenvalue weighted by molar-refractivity contribution is 9.06. The minimum Gasteiger partial charge on any atom is -0.380 e. The Bertz CT molecular complexity index is 402. The zero-order valence-corrected chi connectivity index (χ0v) is 11.7. The first kappa shape index (κ1) is 13.2. The van der Waals surface area contributed by atoms with Gasteiger partial charge < -0.3 is 7.66 Å². The van der Waals surface area contributed by atoms with Gasteiger partial charge in [0.1, 0.15) is 0 Å². The third kappa shape index (κ3) is 2.44. The Morgan fingerprint density at radius 3 is 1.50 bits per heavy atom. The molecule has 0 fully saturated rings. The Balaban J connectivity index is 3.28. The molecule has 1 aromatic rings. The van der Waals surface area contributed by atoms with Crippen molar-refractivity contribution < 1.29 is 17.2 Å². The maximum atomic E-state index is 11.3. The molecule has 4 nitrogen and oxygen atoms in total. The number of carbonyl (C=O) groups is 2. The molecule has 0 amide bonds. The van der Waals surface area contributed by atoms with Crippen molar-refractivity contribution in [3.8, 4) is 0 Å². The van der Waals surface area contributed by atoms with Gasteiger partial charge in [-0.25, -0.2) is 9.59 Å². The van der Waals surface area contributed by atoms with Crippen LogP contribution < -0.4 is 0 Å². The molecule has 16 heavy (non-hydrogen) atoms. The molecular formula is C10H8Br2O4. The monoisotopic (exact) mass is 350 g/mol. The SMILES string of the molecule is Cc1c(C(=O)OBr)ccc(C(=O)OBr)c1C. The highest BCUT2D eigenvalue weighted by atomic mass is 79.9. The fraction of sp³-hybridized carbons (Fsp3) is 0.200. The standard InChI is InChI=1S/C10H8Br2O4/c1-5-6(2)8(10(14)16-12)4-3-7(5)9(13)15-11/h3-4H,1-2H3. The Hall–Kier alpha value is -0.880. The first-order valence-electron chi connectivity index (χ1n) is 4.29. The van der Waals surface area contributed by atoms with Crippen molar-refractivity contribution in [2.24, 2.45) is 0 Å². The van der Waals surface area contributed by atoms with E-state index in [4.69, 9.17) is 0 Å². The van der Waals surface area contributed by atoms with E-state index in [1.54, 1.807) is 13.8 Å². The van der Waals surface area contributed by atoms with Gasteiger partial charge in [-0.2, -0.15) is 0 Å². The quantitative estimate of drug-likeness (QED) is 0.820. The number of hydrogen-bond donors (Lipinski definition) is 0. The molecule has 0 saturated carbocycles. The predicted octanol–water partition coefficient (Wildman–Crippen LogP) is 3.24. The summed E-state index contributed by atoms with van der Waals surface area (Å²) in [6.45, 7) is 3.47. The third-order valence-electron chi connectivity index (χ3n) is 2.37. The van der Waals surface area contributed by atoms with Crippen LogP contribution in [0, 0.1) is 13.8 Å². The Morgan fingerprint density at radius 1 is 0.938 bits per heavy atom. The molecule has 0 spiro atoms. The second kappa shape index (κ2) is 5.45. The molecule has 0 unspecified atom stereocenters. The molecule has 1 rings (SSSR count). The van der Waals surface area contributed by atoms with E-state index in [0.29, 0.717) is 22.3 Å². The molecule has 0 aliphatic carbocycles. The molecule has 0 saturated heterocycles. The maximum absolute atomic E-state index is 11.3. The van der Waals surface area contributed by atoms with Crippen LogP contribution in [0.4, 0.5) is 0 Å². The highest BCUT2D eigenvalue weighted by Gasteiger charge is 2.17. The Kier molecular flexibility index (Phi) is 4.49. The lowest BCUT2D eigenvalue weighted by molar-refractivity contribution is 0.0766. The van der Waals surface area contributed by atoms with Crippen LogP contribution in [0.5, 0.6) is 0 Å². The fourth-order valence-electron chi connectivity index (χ4n) is 1.35. The maximum Gasteiger partial charge on any atom is 0.349 e. The second-order valence-electron chi connectivity index (χ2n) is 3.14. The summed E-state index contributed by atoms with van der Waals surface area (Å²) in [7, 11) is 0. The van der Waals surface area contributed by atoms with Gasteiger partial charge in [0.2, 0.25) is 0 Å². The van der Waals surface area contributed by atoms with Gasteiger partial charge >= 0.3 is 11.9 Å². The first-order chi connectivity index (χ1) is 7.52. The van der Waals surface area contributed by atoms with Gasteiger partial charge in [0.05, 0.1) is 11.1 Å². The third-order valence-corrected chi connectivity index (χ3v) is 2.96. The van der Waals surface area contributed by atoms with Gasteiger partial charge in [0.15, 0.2) is 32.5 Å². The van der Waals surface area contributed by atoms with Crippen molar-refractivity contribution in [2.75, 3.05) is 0 Å². The number of halogens is 2. The van der Waals surface area contributed by atoms with E-state index in [1.165, 1.54) is 12.1 Å². The lowest BCUT2D eigenvalue weighted by atomic mass is 9.98. The van der Waals surface area contributed by atoms with Crippen LogP contribution in [0.15, 0.2) is 12.1 Å². The number of benzene rings is 1. The topological polar surface area (TPSA) is 52.6 Å². The largest absolute Gasteiger partial charge is 0.380 e. The van der Waals surface area contributed by atoms with E-state index in [-0.39, 0.29) is 0 Å². The van der Waals surface area contributed by atoms with Crippen LogP contribution in [0.3, 0.4) is 0 Å². The van der Waals surface area contributed by atoms with Crippen molar-refractivity contribution in [2.45, 2.75) is 13.8 Å². The van der Waals surface area contributed by atoms with Crippen molar-refractivity contribution >= 4 is 44.5 Å². The van der Waals surface area contributed by atoms with E-state index in [1.807, 2.05) is 0 Å². The average molecular weight is 352 g/mol. The lowest BCUT2D eigenvalue weighted by Crippen LogP contribution is -2.08. The van der Waals surface area contributed by atoms with Gasteiger partial charge in [-0.3, -0.25) is 0 Å². The van der Waals surface area contributed by atoms with Crippen LogP contribution in [0.1, 0.15) is 31.8 Å². The highest BCUT2D eigenvalue weighted by Crippen LogP contribution is 2.20. The van der Waals surface area contributed by atoms with E-state index in [9.17, 15) is 9.59 Å². The van der Waals surface area contributed by atoms with E-state index in [2.05, 4.69) is 40.2 Å². The molecule has 0 heterocycles. The van der Waals surface area contributed by atoms with Crippen LogP contribution in [0.25, 0.3) is 0 Å². The minimum atomic E-state index is -0.501. The molecule has 0 N–H and O–H groups in total. The summed E-state index contributed by atoms with van der Waals surface area (Å²) in [6, 6.07) is 3.04. The summed E-state index contributed by atoms with van der Waals surface area (Å²) in [5.41, 5.74) is 2.17. The van der Waals surface area contributed by atoms with Gasteiger partial charge in [0.25, 0.3) is 0 Å². The molecule has 6 heteroatoms. The number of rotatable bonds is 2. The fourth-order valence-corrected chi connectivity index (χ4v) is 1.69. The van der Waals surface area contributed by atoms with E-state index >= 15 is 0 Å². The summed E-state index contributed by atoms with van der Waals surface area (Å²) >= 11 is 5.25. The van der Waals surface area contributed by atoms with Crippen LogP contribution >= 0.6 is 32.5 Å². The molecular weight excluding hydrogens is 344 g/mol. The van der Waals surface area contributed by atoms with Crippen LogP contribution in [0.2, 0.25) is 0 Å². The number of carbonyl (C=O) groups excluding carboxylic acids is 2. The molecule has 0 atom stereocenters. The van der Waals surface area contributed by atoms with Crippen LogP contribution in [-0.4, -0.2) is 11.9 Å². The van der Waals surface area contributed by atoms with Crippen LogP contribution in [-0.2, 0) is 7.66 Å². The smallest absolute Gasteiger partial charge is 0.349 e. The van der Waals surface area contributed by atoms with Gasteiger partial charge in [0, 0.05) is 0 Å². The molecule has 1 aromatic carbocycles. The normalized spacial score (nSPS) is 9.75. The second-order valence-corrected chi connectivity index (χ2v) is 3.79. The summed E-state index contributed by atoms with van der Waals surface area (Å²) in [5, 5.41) is 0. The van der Waals surface area contributed by atoms with Gasteiger partial charge in [-0.05, 0) is 37.1 Å². The van der Waals surface area contributed by atoms with Crippen molar-refractivity contribution in [1.29, 1.82) is 0 Å². The summed E-state index contributed by atoms with van der Waals surface area (Å²) in [5.74, 6) is -1.00. The van der Waals surface area contributed by atoms with E-state index in [0.717, 1.165) is 0 Å². The minimum absolute atomic E-state index is 0.403. The molecule has 0 bridgehead atoms. The summed E-state index contributed by atoms with van der Waals surface area (Å²) in [6.07, 6.45) is 0. The molecule has 0 radical (unpaired) electrons. The van der Waals surface area contributed by atoms with Gasteiger partial charge in [-0.15, -0.1) is 0 Å². The predicted molar refractivity (Wildman–Crippen MR) is 64.6 cm³/mol. The van der Waals surface area contributed by atoms with Crippen molar-refractivity contribution in [3.05, 3.63) is 34.4 Å². The first-order valence-corrected chi connectivity index (χ1v) is 5.58. The Morgan fingerprint density at radius 2 is 1.25 bits per heavy atom. The van der Waals surface area contributed by atoms with Crippen molar-refractivity contribution in [1.82, 2.24) is 0 Å². The van der Waals surface area contributed by atoms with E-state index < -0.39 is 11.9 Å². The summed E-state index contributed by atoms with van der Waals surface area (Å²) in [4.78, 5) is 22.7. The zero-order valence-electron chi connectivity index (χ0n) is 8.54. The number of hydrogen-bond acceptors (Lipinski definition) is 4. The zero-order chi connectivity index (χ0) is 12.3. The van der Waals surface area contributed by atoms with Gasteiger partial charge in [-0.1, -0.05) is 0 Å². The lowest BCUT2D eigenvalue weighted by Gasteiger charge is -2.09. The molecule has 0 aliphatic heterocycles. The average Bonchev–Trinajstić information content (AvgIpc) is 2.30. The molecule has 0 aromatic heterocycles. The van der Waals surface area contributed by atoms with Crippen molar-refractivity contribution in [3.63, 3.8) is 0 Å². The summed E-state index contributed by atoms with van der Waals surface area (Å²) < 4.78 is 8.89. The Labute approximate surface area is 110 Å².